The van der Waals surface area contributed by atoms with Crippen LogP contribution in [0.2, 0.25) is 5.02 Å². The minimum atomic E-state index is -0.555. The third kappa shape index (κ3) is 5.24. The maximum absolute atomic E-state index is 12.6. The lowest BCUT2D eigenvalue weighted by Crippen LogP contribution is -2.29. The van der Waals surface area contributed by atoms with Gasteiger partial charge in [-0.15, -0.1) is 0 Å². The molecule has 30 heavy (non-hydrogen) atoms. The number of rotatable bonds is 7. The van der Waals surface area contributed by atoms with Gasteiger partial charge >= 0.3 is 0 Å². The Morgan fingerprint density at radius 2 is 1.93 bits per heavy atom. The molecule has 1 fully saturated rings. The number of amides is 2. The molecule has 2 amide bonds. The zero-order valence-electron chi connectivity index (χ0n) is 15.5. The molecule has 0 unspecified atom stereocenters. The van der Waals surface area contributed by atoms with E-state index in [-0.39, 0.29) is 36.2 Å². The fourth-order valence-electron chi connectivity index (χ4n) is 2.78. The highest BCUT2D eigenvalue weighted by Crippen LogP contribution is 2.34. The largest absolute Gasteiger partial charge is 0.320 e. The molecule has 0 saturated carbocycles. The summed E-state index contributed by atoms with van der Waals surface area (Å²) in [7, 11) is 0. The van der Waals surface area contributed by atoms with Crippen molar-refractivity contribution in [2.24, 2.45) is 0 Å². The Bertz CT molecular complexity index is 1060. The summed E-state index contributed by atoms with van der Waals surface area (Å²) in [5.41, 5.74) is 0.691. The molecular formula is C20H16ClN3O4S2. The molecular weight excluding hydrogens is 446 g/mol. The van der Waals surface area contributed by atoms with Gasteiger partial charge in [0, 0.05) is 24.1 Å². The maximum atomic E-state index is 12.6. The van der Waals surface area contributed by atoms with Crippen LogP contribution in [-0.4, -0.2) is 32.5 Å². The van der Waals surface area contributed by atoms with Crippen LogP contribution in [0.5, 0.6) is 0 Å². The summed E-state index contributed by atoms with van der Waals surface area (Å²) in [5.74, 6) is -0.606. The summed E-state index contributed by atoms with van der Waals surface area (Å²) in [5, 5.41) is 14.1. The van der Waals surface area contributed by atoms with E-state index in [1.54, 1.807) is 24.3 Å². The standard InChI is InChI=1S/C20H16ClN3O4S2/c21-14-7-2-1-6-13(14)12-17-19(26)23(20(29)30-17)11-5-10-18(25)22-15-8-3-4-9-16(15)24(27)28/h1-4,6-9,12H,5,10-11H2,(H,22,25)/b17-12-. The summed E-state index contributed by atoms with van der Waals surface area (Å²) in [4.78, 5) is 37.2. The van der Waals surface area contributed by atoms with E-state index < -0.39 is 4.92 Å². The second kappa shape index (κ2) is 9.84. The number of carbonyl (C=O) groups excluding carboxylic acids is 2. The predicted molar refractivity (Wildman–Crippen MR) is 122 cm³/mol. The van der Waals surface area contributed by atoms with Gasteiger partial charge in [0.1, 0.15) is 10.0 Å². The first-order valence-electron chi connectivity index (χ1n) is 8.90. The van der Waals surface area contributed by atoms with Gasteiger partial charge in [-0.05, 0) is 30.2 Å². The molecule has 2 aromatic rings. The van der Waals surface area contributed by atoms with Crippen molar-refractivity contribution < 1.29 is 14.5 Å². The lowest BCUT2D eigenvalue weighted by Gasteiger charge is -2.14. The van der Waals surface area contributed by atoms with Crippen LogP contribution in [0.15, 0.2) is 53.4 Å². The van der Waals surface area contributed by atoms with Gasteiger partial charge in [0.15, 0.2) is 0 Å². The number of anilines is 1. The second-order valence-corrected chi connectivity index (χ2v) is 8.36. The van der Waals surface area contributed by atoms with Crippen molar-refractivity contribution in [1.29, 1.82) is 0 Å². The van der Waals surface area contributed by atoms with E-state index in [4.69, 9.17) is 23.8 Å². The number of para-hydroxylation sites is 2. The highest BCUT2D eigenvalue weighted by molar-refractivity contribution is 8.26. The fraction of sp³-hybridized carbons (Fsp3) is 0.150. The Labute approximate surface area is 187 Å². The first-order chi connectivity index (χ1) is 14.4. The van der Waals surface area contributed by atoms with Gasteiger partial charge < -0.3 is 5.32 Å². The van der Waals surface area contributed by atoms with Crippen LogP contribution in [0.4, 0.5) is 11.4 Å². The van der Waals surface area contributed by atoms with E-state index in [2.05, 4.69) is 5.32 Å². The zero-order valence-corrected chi connectivity index (χ0v) is 17.9. The molecule has 154 valence electrons. The van der Waals surface area contributed by atoms with E-state index in [9.17, 15) is 19.7 Å². The van der Waals surface area contributed by atoms with Gasteiger partial charge in [-0.3, -0.25) is 24.6 Å². The van der Waals surface area contributed by atoms with Crippen LogP contribution >= 0.6 is 35.6 Å². The van der Waals surface area contributed by atoms with Crippen LogP contribution in [0.25, 0.3) is 6.08 Å². The molecule has 1 heterocycles. The van der Waals surface area contributed by atoms with Gasteiger partial charge in [-0.2, -0.15) is 0 Å². The molecule has 0 aliphatic carbocycles. The number of nitro benzene ring substituents is 1. The normalized spacial score (nSPS) is 15.0. The van der Waals surface area contributed by atoms with E-state index in [1.165, 1.54) is 34.9 Å². The Hall–Kier alpha value is -2.75. The third-order valence-electron chi connectivity index (χ3n) is 4.23. The minimum Gasteiger partial charge on any atom is -0.320 e. The minimum absolute atomic E-state index is 0.0900. The Balaban J connectivity index is 1.57. The first kappa shape index (κ1) is 21.9. The molecule has 2 aromatic carbocycles. The number of nitrogens with one attached hydrogen (secondary N) is 1. The lowest BCUT2D eigenvalue weighted by atomic mass is 10.2. The molecule has 0 atom stereocenters. The molecule has 0 spiro atoms. The molecule has 1 saturated heterocycles. The van der Waals surface area contributed by atoms with Crippen molar-refractivity contribution >= 4 is 69.2 Å². The summed E-state index contributed by atoms with van der Waals surface area (Å²) < 4.78 is 0.414. The van der Waals surface area contributed by atoms with Crippen LogP contribution < -0.4 is 5.32 Å². The smallest absolute Gasteiger partial charge is 0.292 e. The van der Waals surface area contributed by atoms with Gasteiger partial charge in [0.25, 0.3) is 11.6 Å². The molecule has 7 nitrogen and oxygen atoms in total. The molecule has 1 N–H and O–H groups in total. The number of carbonyl (C=O) groups is 2. The van der Waals surface area contributed by atoms with Crippen molar-refractivity contribution in [3.63, 3.8) is 0 Å². The van der Waals surface area contributed by atoms with Crippen molar-refractivity contribution in [2.45, 2.75) is 12.8 Å². The van der Waals surface area contributed by atoms with E-state index in [0.29, 0.717) is 20.7 Å². The topological polar surface area (TPSA) is 92.6 Å². The highest BCUT2D eigenvalue weighted by atomic mass is 35.5. The highest BCUT2D eigenvalue weighted by Gasteiger charge is 2.31. The second-order valence-electron chi connectivity index (χ2n) is 6.28. The number of thioether (sulfide) groups is 1. The van der Waals surface area contributed by atoms with E-state index in [1.807, 2.05) is 12.1 Å². The van der Waals surface area contributed by atoms with Crippen LogP contribution in [0.3, 0.4) is 0 Å². The molecule has 0 radical (unpaired) electrons. The van der Waals surface area contributed by atoms with Crippen LogP contribution in [-0.2, 0) is 9.59 Å². The quantitative estimate of drug-likeness (QED) is 0.274. The van der Waals surface area contributed by atoms with Crippen LogP contribution in [0.1, 0.15) is 18.4 Å². The molecule has 10 heteroatoms. The predicted octanol–water partition coefficient (Wildman–Crippen LogP) is 4.87. The molecule has 1 aliphatic heterocycles. The summed E-state index contributed by atoms with van der Waals surface area (Å²) in [6, 6.07) is 13.1. The van der Waals surface area contributed by atoms with Gasteiger partial charge in [0.2, 0.25) is 5.91 Å². The third-order valence-corrected chi connectivity index (χ3v) is 5.95. The number of thiocarbonyl (C=S) groups is 1. The van der Waals surface area contributed by atoms with Gasteiger partial charge in [-0.1, -0.05) is 65.9 Å². The Morgan fingerprint density at radius 1 is 1.23 bits per heavy atom. The fourth-order valence-corrected chi connectivity index (χ4v) is 4.26. The SMILES string of the molecule is O=C(CCCN1C(=O)/C(=C/c2ccccc2Cl)SC1=S)Nc1ccccc1[N+](=O)[O-]. The van der Waals surface area contributed by atoms with Crippen molar-refractivity contribution in [3.05, 3.63) is 74.1 Å². The van der Waals surface area contributed by atoms with E-state index in [0.717, 1.165) is 5.56 Å². The van der Waals surface area contributed by atoms with Gasteiger partial charge in [-0.25, -0.2) is 0 Å². The van der Waals surface area contributed by atoms with E-state index >= 15 is 0 Å². The lowest BCUT2D eigenvalue weighted by molar-refractivity contribution is -0.383. The van der Waals surface area contributed by atoms with Crippen LogP contribution in [0, 0.1) is 10.1 Å². The molecule has 1 aliphatic rings. The first-order valence-corrected chi connectivity index (χ1v) is 10.5. The molecule has 0 bridgehead atoms. The summed E-state index contributed by atoms with van der Waals surface area (Å²) in [6.45, 7) is 0.273. The summed E-state index contributed by atoms with van der Waals surface area (Å²) >= 11 is 12.6. The Morgan fingerprint density at radius 3 is 2.67 bits per heavy atom. The van der Waals surface area contributed by atoms with Crippen molar-refractivity contribution in [3.8, 4) is 0 Å². The number of nitro groups is 1. The Kier molecular flexibility index (Phi) is 7.20. The molecule has 0 aromatic heterocycles. The number of hydrogen-bond acceptors (Lipinski definition) is 6. The number of benzene rings is 2. The van der Waals surface area contributed by atoms with Gasteiger partial charge in [0.05, 0.1) is 9.83 Å². The van der Waals surface area contributed by atoms with Crippen molar-refractivity contribution in [1.82, 2.24) is 4.90 Å². The maximum Gasteiger partial charge on any atom is 0.292 e. The van der Waals surface area contributed by atoms with Crippen molar-refractivity contribution in [2.75, 3.05) is 11.9 Å². The average Bonchev–Trinajstić information content (AvgIpc) is 2.97. The number of halogens is 1. The molecule has 3 rings (SSSR count). The average molecular weight is 462 g/mol. The zero-order chi connectivity index (χ0) is 21.7. The summed E-state index contributed by atoms with van der Waals surface area (Å²) in [6.07, 6.45) is 2.15. The number of hydrogen-bond donors (Lipinski definition) is 1. The monoisotopic (exact) mass is 461 g/mol. The number of nitrogens with zero attached hydrogens (tertiary/aromatic N) is 2.